The number of amides is 1. The van der Waals surface area contributed by atoms with Gasteiger partial charge in [0.25, 0.3) is 0 Å². The van der Waals surface area contributed by atoms with Crippen molar-refractivity contribution < 1.29 is 9.32 Å². The Labute approximate surface area is 76.7 Å². The van der Waals surface area contributed by atoms with Crippen LogP contribution in [0.1, 0.15) is 6.42 Å². The first kappa shape index (κ1) is 9.73. The smallest absolute Gasteiger partial charge is 0.226 e. The number of nitrogens with zero attached hydrogens (tertiary/aromatic N) is 2. The van der Waals surface area contributed by atoms with Crippen molar-refractivity contribution in [2.45, 2.75) is 6.42 Å². The molecule has 0 saturated heterocycles. The van der Waals surface area contributed by atoms with E-state index in [-0.39, 0.29) is 5.91 Å². The SMILES string of the molecule is CN(C)CCC(=O)Nc1ccon1. The molecule has 1 rings (SSSR count). The van der Waals surface area contributed by atoms with Crippen molar-refractivity contribution in [3.8, 4) is 0 Å². The van der Waals surface area contributed by atoms with Crippen LogP contribution in [0.4, 0.5) is 5.82 Å². The maximum atomic E-state index is 11.2. The van der Waals surface area contributed by atoms with Gasteiger partial charge < -0.3 is 14.7 Å². The second-order valence-corrected chi connectivity index (χ2v) is 2.99. The van der Waals surface area contributed by atoms with Gasteiger partial charge in [-0.25, -0.2) is 0 Å². The standard InChI is InChI=1S/C8H13N3O2/c1-11(2)5-3-8(12)9-7-4-6-13-10-7/h4,6H,3,5H2,1-2H3,(H,9,10,12). The molecule has 0 bridgehead atoms. The highest BCUT2D eigenvalue weighted by Crippen LogP contribution is 2.01. The summed E-state index contributed by atoms with van der Waals surface area (Å²) in [6.45, 7) is 0.726. The van der Waals surface area contributed by atoms with Gasteiger partial charge in [0.2, 0.25) is 5.91 Å². The van der Waals surface area contributed by atoms with Crippen LogP contribution in [0, 0.1) is 0 Å². The Morgan fingerprint density at radius 3 is 3.00 bits per heavy atom. The van der Waals surface area contributed by atoms with Crippen molar-refractivity contribution >= 4 is 11.7 Å². The Kier molecular flexibility index (Phi) is 3.45. The van der Waals surface area contributed by atoms with Gasteiger partial charge in [-0.1, -0.05) is 5.16 Å². The van der Waals surface area contributed by atoms with Crippen LogP contribution in [-0.4, -0.2) is 36.6 Å². The largest absolute Gasteiger partial charge is 0.363 e. The molecule has 0 radical (unpaired) electrons. The molecule has 5 nitrogen and oxygen atoms in total. The fraction of sp³-hybridized carbons (Fsp3) is 0.500. The zero-order chi connectivity index (χ0) is 9.68. The van der Waals surface area contributed by atoms with Crippen molar-refractivity contribution in [2.75, 3.05) is 26.0 Å². The number of rotatable bonds is 4. The summed E-state index contributed by atoms with van der Waals surface area (Å²) in [6.07, 6.45) is 1.88. The van der Waals surface area contributed by atoms with E-state index in [9.17, 15) is 4.79 Å². The van der Waals surface area contributed by atoms with Crippen molar-refractivity contribution in [3.63, 3.8) is 0 Å². The molecule has 0 unspecified atom stereocenters. The van der Waals surface area contributed by atoms with E-state index in [1.165, 1.54) is 6.26 Å². The highest BCUT2D eigenvalue weighted by Gasteiger charge is 2.04. The molecule has 0 aliphatic rings. The third-order valence-electron chi connectivity index (χ3n) is 1.49. The summed E-state index contributed by atoms with van der Waals surface area (Å²) in [5, 5.41) is 6.17. The summed E-state index contributed by atoms with van der Waals surface area (Å²) < 4.78 is 4.57. The molecule has 1 aromatic heterocycles. The monoisotopic (exact) mass is 183 g/mol. The van der Waals surface area contributed by atoms with Gasteiger partial charge in [0.15, 0.2) is 5.82 Å². The molecule has 1 aromatic rings. The molecule has 1 heterocycles. The second-order valence-electron chi connectivity index (χ2n) is 2.99. The molecule has 0 aromatic carbocycles. The van der Waals surface area contributed by atoms with Crippen LogP contribution < -0.4 is 5.32 Å². The van der Waals surface area contributed by atoms with Gasteiger partial charge in [-0.15, -0.1) is 0 Å². The predicted octanol–water partition coefficient (Wildman–Crippen LogP) is 0.565. The predicted molar refractivity (Wildman–Crippen MR) is 48.3 cm³/mol. The van der Waals surface area contributed by atoms with E-state index in [1.807, 2.05) is 19.0 Å². The Morgan fingerprint density at radius 1 is 1.69 bits per heavy atom. The molecule has 13 heavy (non-hydrogen) atoms. The first-order chi connectivity index (χ1) is 6.18. The minimum Gasteiger partial charge on any atom is -0.363 e. The number of carbonyl (C=O) groups is 1. The first-order valence-corrected chi connectivity index (χ1v) is 4.03. The molecule has 0 atom stereocenters. The van der Waals surface area contributed by atoms with E-state index in [1.54, 1.807) is 6.07 Å². The number of nitrogens with one attached hydrogen (secondary N) is 1. The van der Waals surface area contributed by atoms with Crippen LogP contribution in [0.2, 0.25) is 0 Å². The quantitative estimate of drug-likeness (QED) is 0.741. The van der Waals surface area contributed by atoms with E-state index >= 15 is 0 Å². The summed E-state index contributed by atoms with van der Waals surface area (Å²) in [5.74, 6) is 0.409. The zero-order valence-electron chi connectivity index (χ0n) is 7.78. The molecule has 1 N–H and O–H groups in total. The number of anilines is 1. The van der Waals surface area contributed by atoms with Gasteiger partial charge in [-0.3, -0.25) is 4.79 Å². The Morgan fingerprint density at radius 2 is 2.46 bits per heavy atom. The fourth-order valence-electron chi connectivity index (χ4n) is 0.808. The van der Waals surface area contributed by atoms with Gasteiger partial charge in [-0.2, -0.15) is 0 Å². The zero-order valence-corrected chi connectivity index (χ0v) is 7.78. The van der Waals surface area contributed by atoms with Crippen LogP contribution in [0.15, 0.2) is 16.9 Å². The van der Waals surface area contributed by atoms with Gasteiger partial charge >= 0.3 is 0 Å². The van der Waals surface area contributed by atoms with Crippen molar-refractivity contribution in [1.29, 1.82) is 0 Å². The molecule has 0 spiro atoms. The highest BCUT2D eigenvalue weighted by atomic mass is 16.5. The topological polar surface area (TPSA) is 58.4 Å². The van der Waals surface area contributed by atoms with Gasteiger partial charge in [0, 0.05) is 19.0 Å². The molecule has 0 saturated carbocycles. The molecule has 0 aliphatic carbocycles. The summed E-state index contributed by atoms with van der Waals surface area (Å²) in [7, 11) is 3.84. The van der Waals surface area contributed by atoms with Crippen LogP contribution in [0.5, 0.6) is 0 Å². The lowest BCUT2D eigenvalue weighted by atomic mass is 10.4. The maximum absolute atomic E-state index is 11.2. The van der Waals surface area contributed by atoms with Gasteiger partial charge in [0.1, 0.15) is 6.26 Å². The van der Waals surface area contributed by atoms with E-state index in [4.69, 9.17) is 0 Å². The van der Waals surface area contributed by atoms with Crippen LogP contribution >= 0.6 is 0 Å². The summed E-state index contributed by atoms with van der Waals surface area (Å²) in [6, 6.07) is 1.60. The minimum atomic E-state index is -0.0531. The lowest BCUT2D eigenvalue weighted by molar-refractivity contribution is -0.116. The molecule has 0 aliphatic heterocycles. The van der Waals surface area contributed by atoms with Crippen LogP contribution in [0.3, 0.4) is 0 Å². The van der Waals surface area contributed by atoms with Crippen LogP contribution in [0.25, 0.3) is 0 Å². The van der Waals surface area contributed by atoms with Crippen molar-refractivity contribution in [1.82, 2.24) is 10.1 Å². The molecular weight excluding hydrogens is 170 g/mol. The Bertz CT molecular complexity index is 256. The lowest BCUT2D eigenvalue weighted by Crippen LogP contribution is -2.20. The number of hydrogen-bond donors (Lipinski definition) is 1. The minimum absolute atomic E-state index is 0.0531. The van der Waals surface area contributed by atoms with Gasteiger partial charge in [-0.05, 0) is 14.1 Å². The van der Waals surface area contributed by atoms with Crippen molar-refractivity contribution in [2.24, 2.45) is 0 Å². The lowest BCUT2D eigenvalue weighted by Gasteiger charge is -2.07. The molecular formula is C8H13N3O2. The molecule has 0 fully saturated rings. The third kappa shape index (κ3) is 3.71. The van der Waals surface area contributed by atoms with E-state index in [0.29, 0.717) is 12.2 Å². The van der Waals surface area contributed by atoms with E-state index in [2.05, 4.69) is 15.0 Å². The third-order valence-corrected chi connectivity index (χ3v) is 1.49. The number of carbonyl (C=O) groups excluding carboxylic acids is 1. The maximum Gasteiger partial charge on any atom is 0.226 e. The number of hydrogen-bond acceptors (Lipinski definition) is 4. The Balaban J connectivity index is 2.26. The summed E-state index contributed by atoms with van der Waals surface area (Å²) in [4.78, 5) is 13.1. The first-order valence-electron chi connectivity index (χ1n) is 4.03. The number of aromatic nitrogens is 1. The molecule has 5 heteroatoms. The van der Waals surface area contributed by atoms with Crippen LogP contribution in [-0.2, 0) is 4.79 Å². The van der Waals surface area contributed by atoms with E-state index in [0.717, 1.165) is 6.54 Å². The molecule has 72 valence electrons. The van der Waals surface area contributed by atoms with Gasteiger partial charge in [0.05, 0.1) is 0 Å². The summed E-state index contributed by atoms with van der Waals surface area (Å²) >= 11 is 0. The highest BCUT2D eigenvalue weighted by molar-refractivity contribution is 5.89. The fourth-order valence-corrected chi connectivity index (χ4v) is 0.808. The van der Waals surface area contributed by atoms with E-state index < -0.39 is 0 Å². The normalized spacial score (nSPS) is 10.4. The summed E-state index contributed by atoms with van der Waals surface area (Å²) in [5.41, 5.74) is 0. The Hall–Kier alpha value is -1.36. The van der Waals surface area contributed by atoms with Crippen molar-refractivity contribution in [3.05, 3.63) is 12.3 Å². The second kappa shape index (κ2) is 4.61. The average molecular weight is 183 g/mol. The molecule has 1 amide bonds. The average Bonchev–Trinajstić information content (AvgIpc) is 2.53.